The van der Waals surface area contributed by atoms with E-state index in [0.29, 0.717) is 16.5 Å². The maximum absolute atomic E-state index is 12.9. The van der Waals surface area contributed by atoms with Crippen LogP contribution in [0.2, 0.25) is 5.02 Å². The van der Waals surface area contributed by atoms with Gasteiger partial charge in [0.1, 0.15) is 0 Å². The van der Waals surface area contributed by atoms with Gasteiger partial charge in [-0.2, -0.15) is 13.2 Å². The van der Waals surface area contributed by atoms with E-state index in [0.717, 1.165) is 30.0 Å². The summed E-state index contributed by atoms with van der Waals surface area (Å²) in [6.07, 6.45) is -4.56. The Hall–Kier alpha value is -3.05. The second kappa shape index (κ2) is 10.3. The molecule has 2 amide bonds. The van der Waals surface area contributed by atoms with Crippen molar-refractivity contribution in [3.63, 3.8) is 0 Å². The van der Waals surface area contributed by atoms with Gasteiger partial charge in [0.15, 0.2) is 11.0 Å². The van der Waals surface area contributed by atoms with Crippen LogP contribution in [-0.4, -0.2) is 32.3 Å². The van der Waals surface area contributed by atoms with E-state index in [9.17, 15) is 22.8 Å². The van der Waals surface area contributed by atoms with Crippen molar-refractivity contribution in [3.8, 4) is 0 Å². The molecule has 0 saturated carbocycles. The fourth-order valence-corrected chi connectivity index (χ4v) is 3.76. The third-order valence-corrected chi connectivity index (χ3v) is 5.89. The van der Waals surface area contributed by atoms with Crippen LogP contribution in [0.5, 0.6) is 0 Å². The van der Waals surface area contributed by atoms with Crippen molar-refractivity contribution in [2.45, 2.75) is 24.3 Å². The van der Waals surface area contributed by atoms with E-state index in [1.807, 2.05) is 6.07 Å². The molecule has 1 aromatic heterocycles. The molecule has 174 valence electrons. The maximum Gasteiger partial charge on any atom is 0.416 e. The molecule has 2 aromatic carbocycles. The van der Waals surface area contributed by atoms with Gasteiger partial charge in [-0.3, -0.25) is 9.59 Å². The van der Waals surface area contributed by atoms with Crippen LogP contribution >= 0.6 is 23.4 Å². The molecule has 0 aliphatic heterocycles. The van der Waals surface area contributed by atoms with Crippen LogP contribution in [-0.2, 0) is 18.0 Å². The van der Waals surface area contributed by atoms with Crippen LogP contribution in [0, 0.1) is 0 Å². The van der Waals surface area contributed by atoms with E-state index < -0.39 is 23.7 Å². The average Bonchev–Trinajstić information content (AvgIpc) is 3.14. The van der Waals surface area contributed by atoms with Gasteiger partial charge in [-0.25, -0.2) is 0 Å². The Bertz CT molecular complexity index is 1150. The zero-order chi connectivity index (χ0) is 24.2. The molecule has 12 heteroatoms. The lowest BCUT2D eigenvalue weighted by molar-refractivity contribution is -0.137. The Morgan fingerprint density at radius 3 is 2.52 bits per heavy atom. The number of hydrogen-bond acceptors (Lipinski definition) is 5. The zero-order valence-electron chi connectivity index (χ0n) is 17.5. The summed E-state index contributed by atoms with van der Waals surface area (Å²) in [5.41, 5.74) is -0.543. The number of nitrogens with one attached hydrogen (secondary N) is 2. The molecule has 2 N–H and O–H groups in total. The highest BCUT2D eigenvalue weighted by Gasteiger charge is 2.31. The van der Waals surface area contributed by atoms with Crippen molar-refractivity contribution in [1.29, 1.82) is 0 Å². The van der Waals surface area contributed by atoms with Crippen LogP contribution in [0.3, 0.4) is 0 Å². The number of anilines is 1. The van der Waals surface area contributed by atoms with E-state index in [1.165, 1.54) is 0 Å². The summed E-state index contributed by atoms with van der Waals surface area (Å²) in [6, 6.07) is 10.9. The van der Waals surface area contributed by atoms with Gasteiger partial charge in [-0.05, 0) is 37.3 Å². The van der Waals surface area contributed by atoms with Gasteiger partial charge in [-0.15, -0.1) is 10.2 Å². The summed E-state index contributed by atoms with van der Waals surface area (Å²) in [6.45, 7) is 1.75. The molecular weight excluding hydrogens is 479 g/mol. The van der Waals surface area contributed by atoms with Gasteiger partial charge in [0.05, 0.1) is 28.1 Å². The number of amides is 2. The maximum atomic E-state index is 12.9. The molecule has 0 bridgehead atoms. The summed E-state index contributed by atoms with van der Waals surface area (Å²) >= 11 is 6.95. The van der Waals surface area contributed by atoms with Crippen LogP contribution < -0.4 is 10.6 Å². The second-order valence-corrected chi connectivity index (χ2v) is 8.34. The Balaban J connectivity index is 1.60. The Kier molecular flexibility index (Phi) is 7.65. The van der Waals surface area contributed by atoms with Crippen LogP contribution in [0.25, 0.3) is 0 Å². The number of thioether (sulfide) groups is 1. The van der Waals surface area contributed by atoms with Crippen molar-refractivity contribution in [2.75, 3.05) is 11.1 Å². The van der Waals surface area contributed by atoms with Crippen LogP contribution in [0.4, 0.5) is 18.9 Å². The SMILES string of the molecule is CC(NC(=O)c1ccccc1)c1nnc(SCC(=O)Nc2cc(C(F)(F)F)ccc2Cl)n1C. The Morgan fingerprint density at radius 1 is 1.15 bits per heavy atom. The third-order valence-electron chi connectivity index (χ3n) is 4.54. The molecule has 33 heavy (non-hydrogen) atoms. The van der Waals surface area contributed by atoms with Crippen molar-refractivity contribution < 1.29 is 22.8 Å². The van der Waals surface area contributed by atoms with E-state index in [1.54, 1.807) is 42.8 Å². The molecule has 0 radical (unpaired) electrons. The van der Waals surface area contributed by atoms with Gasteiger partial charge >= 0.3 is 6.18 Å². The first-order valence-corrected chi connectivity index (χ1v) is 11.0. The van der Waals surface area contributed by atoms with Crippen molar-refractivity contribution >= 4 is 40.9 Å². The molecule has 3 rings (SSSR count). The lowest BCUT2D eigenvalue weighted by Crippen LogP contribution is -2.28. The number of aromatic nitrogens is 3. The summed E-state index contributed by atoms with van der Waals surface area (Å²) in [7, 11) is 1.68. The van der Waals surface area contributed by atoms with E-state index in [4.69, 9.17) is 11.6 Å². The molecular formula is C21H19ClF3N5O2S. The van der Waals surface area contributed by atoms with Gasteiger partial charge in [0.2, 0.25) is 5.91 Å². The fourth-order valence-electron chi connectivity index (χ4n) is 2.88. The zero-order valence-corrected chi connectivity index (χ0v) is 19.1. The van der Waals surface area contributed by atoms with Gasteiger partial charge < -0.3 is 15.2 Å². The summed E-state index contributed by atoms with van der Waals surface area (Å²) in [4.78, 5) is 24.6. The highest BCUT2D eigenvalue weighted by molar-refractivity contribution is 7.99. The highest BCUT2D eigenvalue weighted by atomic mass is 35.5. The third kappa shape index (κ3) is 6.26. The molecule has 0 spiro atoms. The van der Waals surface area contributed by atoms with Crippen LogP contribution in [0.15, 0.2) is 53.7 Å². The lowest BCUT2D eigenvalue weighted by atomic mass is 10.2. The standard InChI is InChI=1S/C21H19ClF3N5O2S/c1-12(26-19(32)13-6-4-3-5-7-13)18-28-29-20(30(18)2)33-11-17(31)27-16-10-14(21(23,24)25)8-9-15(16)22/h3-10,12H,11H2,1-2H3,(H,26,32)(H,27,31). The minimum absolute atomic E-state index is 0.00900. The molecule has 1 atom stereocenters. The highest BCUT2D eigenvalue weighted by Crippen LogP contribution is 2.34. The normalized spacial score (nSPS) is 12.3. The first-order valence-electron chi connectivity index (χ1n) is 9.61. The van der Waals surface area contributed by atoms with Gasteiger partial charge in [-0.1, -0.05) is 41.6 Å². The molecule has 0 aliphatic rings. The average molecular weight is 498 g/mol. The second-order valence-electron chi connectivity index (χ2n) is 6.99. The number of nitrogens with zero attached hydrogens (tertiary/aromatic N) is 3. The molecule has 0 fully saturated rings. The van der Waals surface area contributed by atoms with Gasteiger partial charge in [0, 0.05) is 12.6 Å². The topological polar surface area (TPSA) is 88.9 Å². The van der Waals surface area contributed by atoms with Crippen molar-refractivity contribution in [2.24, 2.45) is 7.05 Å². The minimum Gasteiger partial charge on any atom is -0.342 e. The number of hydrogen-bond donors (Lipinski definition) is 2. The Labute approximate surface area is 196 Å². The van der Waals surface area contributed by atoms with Crippen LogP contribution in [0.1, 0.15) is 34.7 Å². The molecule has 1 unspecified atom stereocenters. The quantitative estimate of drug-likeness (QED) is 0.461. The lowest BCUT2D eigenvalue weighted by Gasteiger charge is -2.14. The molecule has 7 nitrogen and oxygen atoms in total. The van der Waals surface area contributed by atoms with E-state index in [2.05, 4.69) is 20.8 Å². The smallest absolute Gasteiger partial charge is 0.342 e. The first kappa shape index (κ1) is 24.6. The van der Waals surface area contributed by atoms with Crippen molar-refractivity contribution in [3.05, 3.63) is 70.5 Å². The molecule has 0 aliphatic carbocycles. The van der Waals surface area contributed by atoms with E-state index in [-0.39, 0.29) is 22.4 Å². The molecule has 1 heterocycles. The van der Waals surface area contributed by atoms with Crippen molar-refractivity contribution in [1.82, 2.24) is 20.1 Å². The van der Waals surface area contributed by atoms with E-state index >= 15 is 0 Å². The summed E-state index contributed by atoms with van der Waals surface area (Å²) in [5, 5.41) is 13.7. The predicted molar refractivity (Wildman–Crippen MR) is 119 cm³/mol. The Morgan fingerprint density at radius 2 is 1.85 bits per heavy atom. The molecule has 0 saturated heterocycles. The number of alkyl halides is 3. The predicted octanol–water partition coefficient (Wildman–Crippen LogP) is 4.71. The van der Waals surface area contributed by atoms with Gasteiger partial charge in [0.25, 0.3) is 5.91 Å². The number of carbonyl (C=O) groups excluding carboxylic acids is 2. The summed E-state index contributed by atoms with van der Waals surface area (Å²) in [5.74, 6) is -0.486. The number of benzene rings is 2. The number of rotatable bonds is 7. The first-order chi connectivity index (χ1) is 15.6. The monoisotopic (exact) mass is 497 g/mol. The number of carbonyl (C=O) groups is 2. The summed E-state index contributed by atoms with van der Waals surface area (Å²) < 4.78 is 40.3. The number of halogens is 4. The largest absolute Gasteiger partial charge is 0.416 e. The fraction of sp³-hybridized carbons (Fsp3) is 0.238. The minimum atomic E-state index is -4.56. The molecule has 3 aromatic rings.